The number of hydrogen-bond acceptors (Lipinski definition) is 4. The summed E-state index contributed by atoms with van der Waals surface area (Å²) in [6.07, 6.45) is 7.31. The second-order valence-corrected chi connectivity index (χ2v) is 7.83. The summed E-state index contributed by atoms with van der Waals surface area (Å²) in [4.78, 5) is 12.3. The fraction of sp³-hybridized carbons (Fsp3) is 0.944. The van der Waals surface area contributed by atoms with Crippen LogP contribution >= 0.6 is 0 Å². The fourth-order valence-electron chi connectivity index (χ4n) is 4.51. The molecular weight excluding hydrogens is 309 g/mol. The van der Waals surface area contributed by atoms with Gasteiger partial charge in [-0.3, -0.25) is 10.1 Å². The molecule has 0 spiro atoms. The molecule has 1 saturated carbocycles. The lowest BCUT2D eigenvalue weighted by Gasteiger charge is -2.34. The molecule has 6 atom stereocenters. The van der Waals surface area contributed by atoms with Gasteiger partial charge in [0.1, 0.15) is 6.17 Å². The lowest BCUT2D eigenvalue weighted by atomic mass is 9.80. The number of amides is 1. The van der Waals surface area contributed by atoms with Crippen molar-refractivity contribution in [3.63, 3.8) is 0 Å². The highest BCUT2D eigenvalue weighted by molar-refractivity contribution is 5.82. The number of halogens is 1. The molecule has 1 amide bonds. The minimum Gasteiger partial charge on any atom is -0.380 e. The van der Waals surface area contributed by atoms with Gasteiger partial charge in [-0.05, 0) is 56.9 Å². The molecule has 2 saturated heterocycles. The van der Waals surface area contributed by atoms with Crippen molar-refractivity contribution >= 4 is 5.91 Å². The third-order valence-electron chi connectivity index (χ3n) is 5.96. The van der Waals surface area contributed by atoms with Crippen LogP contribution in [0.2, 0.25) is 0 Å². The number of alkyl halides is 1. The maximum absolute atomic E-state index is 13.5. The van der Waals surface area contributed by atoms with Crippen LogP contribution in [-0.4, -0.2) is 50.6 Å². The number of hydrogen-bond donors (Lipinski definition) is 3. The molecule has 0 aromatic heterocycles. The predicted octanol–water partition coefficient (Wildman–Crippen LogP) is 1.72. The van der Waals surface area contributed by atoms with Crippen LogP contribution in [0.25, 0.3) is 0 Å². The van der Waals surface area contributed by atoms with E-state index in [0.717, 1.165) is 58.0 Å². The Bertz CT molecular complexity index is 415. The van der Waals surface area contributed by atoms with E-state index in [9.17, 15) is 9.18 Å². The number of nitrogens with one attached hydrogen (secondary N) is 3. The zero-order valence-corrected chi connectivity index (χ0v) is 14.7. The average molecular weight is 341 g/mol. The number of carbonyl (C=O) groups excluding carboxylic acids is 1. The molecule has 3 rings (SSSR count). The summed E-state index contributed by atoms with van der Waals surface area (Å²) >= 11 is 0. The van der Waals surface area contributed by atoms with E-state index in [1.807, 2.05) is 0 Å². The summed E-state index contributed by atoms with van der Waals surface area (Å²) in [5, 5.41) is 9.79. The van der Waals surface area contributed by atoms with Crippen LogP contribution in [0, 0.1) is 11.8 Å². The minimum absolute atomic E-state index is 0.0671. The van der Waals surface area contributed by atoms with Gasteiger partial charge >= 0.3 is 0 Å². The van der Waals surface area contributed by atoms with E-state index in [1.165, 1.54) is 6.42 Å². The van der Waals surface area contributed by atoms with Crippen molar-refractivity contribution in [1.82, 2.24) is 16.0 Å². The molecule has 4 unspecified atom stereocenters. The number of carbonyl (C=O) groups is 1. The van der Waals surface area contributed by atoms with Gasteiger partial charge in [-0.25, -0.2) is 4.39 Å². The van der Waals surface area contributed by atoms with E-state index in [4.69, 9.17) is 4.74 Å². The van der Waals surface area contributed by atoms with E-state index in [2.05, 4.69) is 16.0 Å². The van der Waals surface area contributed by atoms with Crippen LogP contribution in [-0.2, 0) is 9.53 Å². The highest BCUT2D eigenvalue weighted by Gasteiger charge is 2.32. The second kappa shape index (κ2) is 8.59. The largest absolute Gasteiger partial charge is 0.380 e. The molecule has 0 aromatic carbocycles. The number of piperidine rings is 1. The fourth-order valence-corrected chi connectivity index (χ4v) is 4.51. The Kier molecular flexibility index (Phi) is 6.47. The molecule has 0 bridgehead atoms. The third kappa shape index (κ3) is 4.90. The third-order valence-corrected chi connectivity index (χ3v) is 5.96. The highest BCUT2D eigenvalue weighted by Crippen LogP contribution is 2.33. The number of rotatable bonds is 5. The molecule has 2 heterocycles. The lowest BCUT2D eigenvalue weighted by molar-refractivity contribution is -0.124. The second-order valence-electron chi connectivity index (χ2n) is 7.83. The molecule has 1 aliphatic carbocycles. The molecule has 24 heavy (non-hydrogen) atoms. The Hall–Kier alpha value is -0.720. The number of ether oxygens (including phenoxy) is 1. The molecular formula is C18H32FN3O2. The molecule has 3 fully saturated rings. The maximum atomic E-state index is 13.5. The normalized spacial score (nSPS) is 40.4. The lowest BCUT2D eigenvalue weighted by Crippen LogP contribution is -2.54. The standard InChI is InChI=1S/C18H32FN3O2/c1-24-15-9-16(20-11-15)18(23)22-17-6-5-13(10-21-17)7-12-3-2-4-14(19)8-12/h12-17,20-21H,2-11H2,1H3,(H,22,23)/t12?,13?,14?,15-,16-,17?/m0/s1. The van der Waals surface area contributed by atoms with Gasteiger partial charge in [0, 0.05) is 13.7 Å². The monoisotopic (exact) mass is 341 g/mol. The van der Waals surface area contributed by atoms with E-state index in [1.54, 1.807) is 7.11 Å². The molecule has 3 N–H and O–H groups in total. The predicted molar refractivity (Wildman–Crippen MR) is 91.3 cm³/mol. The molecule has 5 nitrogen and oxygen atoms in total. The van der Waals surface area contributed by atoms with E-state index in [-0.39, 0.29) is 24.2 Å². The zero-order chi connectivity index (χ0) is 16.9. The summed E-state index contributed by atoms with van der Waals surface area (Å²) in [5.41, 5.74) is 0. The van der Waals surface area contributed by atoms with Crippen molar-refractivity contribution in [3.8, 4) is 0 Å². The molecule has 0 radical (unpaired) electrons. The van der Waals surface area contributed by atoms with Gasteiger partial charge < -0.3 is 15.4 Å². The van der Waals surface area contributed by atoms with E-state index >= 15 is 0 Å². The molecule has 6 heteroatoms. The van der Waals surface area contributed by atoms with Crippen molar-refractivity contribution in [2.75, 3.05) is 20.2 Å². The first kappa shape index (κ1) is 18.1. The van der Waals surface area contributed by atoms with Crippen molar-refractivity contribution in [3.05, 3.63) is 0 Å². The van der Waals surface area contributed by atoms with Gasteiger partial charge in [0.05, 0.1) is 18.3 Å². The summed E-state index contributed by atoms with van der Waals surface area (Å²) < 4.78 is 18.8. The van der Waals surface area contributed by atoms with Crippen molar-refractivity contribution in [2.45, 2.75) is 75.8 Å². The minimum atomic E-state index is -0.581. The van der Waals surface area contributed by atoms with Gasteiger partial charge in [0.15, 0.2) is 0 Å². The van der Waals surface area contributed by atoms with E-state index in [0.29, 0.717) is 11.8 Å². The summed E-state index contributed by atoms with van der Waals surface area (Å²) in [5.74, 6) is 1.24. The maximum Gasteiger partial charge on any atom is 0.238 e. The highest BCUT2D eigenvalue weighted by atomic mass is 19.1. The van der Waals surface area contributed by atoms with Crippen LogP contribution in [0.1, 0.15) is 51.4 Å². The first-order valence-corrected chi connectivity index (χ1v) is 9.58. The first-order valence-electron chi connectivity index (χ1n) is 9.58. The number of methoxy groups -OCH3 is 1. The zero-order valence-electron chi connectivity index (χ0n) is 14.7. The van der Waals surface area contributed by atoms with Gasteiger partial charge in [-0.2, -0.15) is 0 Å². The van der Waals surface area contributed by atoms with Gasteiger partial charge in [-0.1, -0.05) is 12.8 Å². The van der Waals surface area contributed by atoms with Crippen LogP contribution < -0.4 is 16.0 Å². The van der Waals surface area contributed by atoms with Crippen LogP contribution in [0.15, 0.2) is 0 Å². The average Bonchev–Trinajstić information content (AvgIpc) is 3.06. The van der Waals surface area contributed by atoms with Crippen molar-refractivity contribution < 1.29 is 13.9 Å². The Balaban J connectivity index is 1.35. The van der Waals surface area contributed by atoms with E-state index < -0.39 is 6.17 Å². The van der Waals surface area contributed by atoms with Gasteiger partial charge in [0.2, 0.25) is 5.91 Å². The Morgan fingerprint density at radius 3 is 2.67 bits per heavy atom. The van der Waals surface area contributed by atoms with Crippen LogP contribution in [0.3, 0.4) is 0 Å². The molecule has 0 aromatic rings. The Labute approximate surface area is 144 Å². The Morgan fingerprint density at radius 2 is 2.00 bits per heavy atom. The van der Waals surface area contributed by atoms with Crippen LogP contribution in [0.5, 0.6) is 0 Å². The van der Waals surface area contributed by atoms with Crippen molar-refractivity contribution in [1.29, 1.82) is 0 Å². The molecule has 3 aliphatic rings. The van der Waals surface area contributed by atoms with Gasteiger partial charge in [0.25, 0.3) is 0 Å². The van der Waals surface area contributed by atoms with Crippen molar-refractivity contribution in [2.24, 2.45) is 11.8 Å². The summed E-state index contributed by atoms with van der Waals surface area (Å²) in [7, 11) is 1.69. The topological polar surface area (TPSA) is 62.4 Å². The SMILES string of the molecule is CO[C@@H]1CN[C@H](C(=O)NC2CCC(CC3CCCC(F)C3)CN2)C1. The quantitative estimate of drug-likeness (QED) is 0.713. The molecule has 2 aliphatic heterocycles. The molecule has 138 valence electrons. The first-order chi connectivity index (χ1) is 11.6. The summed E-state index contributed by atoms with van der Waals surface area (Å²) in [6.45, 7) is 1.67. The van der Waals surface area contributed by atoms with Gasteiger partial charge in [-0.15, -0.1) is 0 Å². The Morgan fingerprint density at radius 1 is 1.12 bits per heavy atom. The van der Waals surface area contributed by atoms with Crippen LogP contribution in [0.4, 0.5) is 4.39 Å². The summed E-state index contributed by atoms with van der Waals surface area (Å²) in [6, 6.07) is -0.141. The smallest absolute Gasteiger partial charge is 0.238 e.